The summed E-state index contributed by atoms with van der Waals surface area (Å²) in [7, 11) is 0. The summed E-state index contributed by atoms with van der Waals surface area (Å²) in [6.45, 7) is 0.782. The fraction of sp³-hybridized carbons (Fsp3) is 0.455. The molecule has 1 saturated carbocycles. The summed E-state index contributed by atoms with van der Waals surface area (Å²) in [5.41, 5.74) is 8.26. The minimum atomic E-state index is 0.364. The summed E-state index contributed by atoms with van der Waals surface area (Å²) in [4.78, 5) is 4.35. The van der Waals surface area contributed by atoms with Crippen molar-refractivity contribution in [3.63, 3.8) is 0 Å². The van der Waals surface area contributed by atoms with Gasteiger partial charge in [-0.2, -0.15) is 5.10 Å². The monoisotopic (exact) mass is 202 g/mol. The van der Waals surface area contributed by atoms with Gasteiger partial charge in [0.15, 0.2) is 5.65 Å². The van der Waals surface area contributed by atoms with E-state index in [1.807, 2.05) is 16.8 Å². The zero-order chi connectivity index (χ0) is 10.3. The van der Waals surface area contributed by atoms with E-state index in [4.69, 9.17) is 5.73 Å². The number of nitrogens with zero attached hydrogens (tertiary/aromatic N) is 3. The lowest BCUT2D eigenvalue weighted by Gasteiger charge is -2.11. The van der Waals surface area contributed by atoms with Gasteiger partial charge in [0.25, 0.3) is 0 Å². The van der Waals surface area contributed by atoms with Crippen molar-refractivity contribution < 1.29 is 0 Å². The maximum Gasteiger partial charge on any atom is 0.154 e. The van der Waals surface area contributed by atoms with Crippen molar-refractivity contribution in [2.45, 2.75) is 19.3 Å². The Labute approximate surface area is 88.1 Å². The molecule has 2 heterocycles. The Morgan fingerprint density at radius 2 is 2.33 bits per heavy atom. The number of hydrogen-bond donors (Lipinski definition) is 1. The second-order valence-electron chi connectivity index (χ2n) is 4.48. The Balaban J connectivity index is 1.91. The number of fused-ring (bicyclic) bond motifs is 1. The van der Waals surface area contributed by atoms with E-state index in [0.717, 1.165) is 18.6 Å². The first-order chi connectivity index (χ1) is 7.31. The smallest absolute Gasteiger partial charge is 0.154 e. The highest BCUT2D eigenvalue weighted by molar-refractivity contribution is 5.36. The summed E-state index contributed by atoms with van der Waals surface area (Å²) >= 11 is 0. The predicted octanol–water partition coefficient (Wildman–Crippen LogP) is 1.01. The Morgan fingerprint density at radius 3 is 3.07 bits per heavy atom. The van der Waals surface area contributed by atoms with Crippen LogP contribution in [0.15, 0.2) is 24.7 Å². The predicted molar refractivity (Wildman–Crippen MR) is 57.4 cm³/mol. The van der Waals surface area contributed by atoms with Crippen LogP contribution in [0, 0.1) is 5.41 Å². The van der Waals surface area contributed by atoms with Crippen LogP contribution in [0.25, 0.3) is 5.65 Å². The first-order valence-electron chi connectivity index (χ1n) is 5.30. The van der Waals surface area contributed by atoms with Crippen molar-refractivity contribution in [2.24, 2.45) is 11.1 Å². The van der Waals surface area contributed by atoms with Crippen LogP contribution >= 0.6 is 0 Å². The minimum Gasteiger partial charge on any atom is -0.330 e. The molecular formula is C11H14N4. The van der Waals surface area contributed by atoms with Crippen molar-refractivity contribution in [1.82, 2.24) is 14.6 Å². The highest BCUT2D eigenvalue weighted by Crippen LogP contribution is 2.47. The van der Waals surface area contributed by atoms with E-state index < -0.39 is 0 Å². The third kappa shape index (κ3) is 1.51. The van der Waals surface area contributed by atoms with E-state index in [9.17, 15) is 0 Å². The molecule has 2 N–H and O–H groups in total. The van der Waals surface area contributed by atoms with Crippen LogP contribution < -0.4 is 5.73 Å². The lowest BCUT2D eigenvalue weighted by atomic mass is 9.99. The van der Waals surface area contributed by atoms with Crippen molar-refractivity contribution in [2.75, 3.05) is 6.54 Å². The number of nitrogens with two attached hydrogens (primary N) is 1. The van der Waals surface area contributed by atoms with E-state index in [0.29, 0.717) is 5.41 Å². The van der Waals surface area contributed by atoms with Gasteiger partial charge in [-0.15, -0.1) is 0 Å². The second kappa shape index (κ2) is 3.03. The number of aromatic nitrogens is 3. The summed E-state index contributed by atoms with van der Waals surface area (Å²) in [5.74, 6) is 0. The van der Waals surface area contributed by atoms with Gasteiger partial charge in [-0.05, 0) is 36.8 Å². The van der Waals surface area contributed by atoms with Crippen LogP contribution in [0.5, 0.6) is 0 Å². The normalized spacial score (nSPS) is 18.2. The Hall–Kier alpha value is -1.42. The van der Waals surface area contributed by atoms with Crippen LogP contribution in [-0.2, 0) is 6.42 Å². The lowest BCUT2D eigenvalue weighted by molar-refractivity contribution is 0.518. The first kappa shape index (κ1) is 8.85. The summed E-state index contributed by atoms with van der Waals surface area (Å²) in [6, 6.07) is 1.90. The molecule has 0 bridgehead atoms. The molecule has 0 unspecified atom stereocenters. The molecule has 3 rings (SSSR count). The van der Waals surface area contributed by atoms with E-state index >= 15 is 0 Å². The first-order valence-corrected chi connectivity index (χ1v) is 5.30. The fourth-order valence-corrected chi connectivity index (χ4v) is 2.00. The summed E-state index contributed by atoms with van der Waals surface area (Å²) in [6.07, 6.45) is 9.29. The minimum absolute atomic E-state index is 0.364. The van der Waals surface area contributed by atoms with Crippen LogP contribution in [0.1, 0.15) is 18.4 Å². The fourth-order valence-electron chi connectivity index (χ4n) is 2.00. The van der Waals surface area contributed by atoms with Gasteiger partial charge in [-0.25, -0.2) is 9.50 Å². The molecular weight excluding hydrogens is 188 g/mol. The summed E-state index contributed by atoms with van der Waals surface area (Å²) in [5, 5.41) is 4.18. The highest BCUT2D eigenvalue weighted by Gasteiger charge is 2.41. The van der Waals surface area contributed by atoms with Crippen molar-refractivity contribution in [3.05, 3.63) is 30.2 Å². The van der Waals surface area contributed by atoms with Gasteiger partial charge in [-0.3, -0.25) is 0 Å². The van der Waals surface area contributed by atoms with Gasteiger partial charge in [-0.1, -0.05) is 0 Å². The molecule has 0 spiro atoms. The molecule has 15 heavy (non-hydrogen) atoms. The highest BCUT2D eigenvalue weighted by atomic mass is 15.2. The molecule has 0 amide bonds. The van der Waals surface area contributed by atoms with Gasteiger partial charge < -0.3 is 5.73 Å². The van der Waals surface area contributed by atoms with Gasteiger partial charge >= 0.3 is 0 Å². The molecule has 0 saturated heterocycles. The molecule has 0 aliphatic heterocycles. The zero-order valence-electron chi connectivity index (χ0n) is 8.56. The molecule has 78 valence electrons. The Morgan fingerprint density at radius 1 is 1.47 bits per heavy atom. The molecule has 0 radical (unpaired) electrons. The molecule has 0 aromatic carbocycles. The van der Waals surface area contributed by atoms with Gasteiger partial charge in [0.05, 0.1) is 6.20 Å². The van der Waals surface area contributed by atoms with E-state index in [-0.39, 0.29) is 0 Å². The average Bonchev–Trinajstić information content (AvgIpc) is 2.88. The van der Waals surface area contributed by atoms with Gasteiger partial charge in [0.2, 0.25) is 0 Å². The molecule has 2 aromatic rings. The zero-order valence-corrected chi connectivity index (χ0v) is 8.56. The molecule has 2 aromatic heterocycles. The maximum atomic E-state index is 5.77. The number of hydrogen-bond acceptors (Lipinski definition) is 3. The van der Waals surface area contributed by atoms with Crippen LogP contribution in [0.4, 0.5) is 0 Å². The van der Waals surface area contributed by atoms with Crippen molar-refractivity contribution in [3.8, 4) is 0 Å². The maximum absolute atomic E-state index is 5.77. The summed E-state index contributed by atoms with van der Waals surface area (Å²) < 4.78 is 1.82. The van der Waals surface area contributed by atoms with Crippen LogP contribution in [0.3, 0.4) is 0 Å². The topological polar surface area (TPSA) is 56.2 Å². The van der Waals surface area contributed by atoms with E-state index in [1.165, 1.54) is 18.4 Å². The molecule has 0 atom stereocenters. The van der Waals surface area contributed by atoms with Crippen molar-refractivity contribution >= 4 is 5.65 Å². The standard InChI is InChI=1S/C11H14N4/c12-8-11(2-3-11)5-9-6-13-10-1-4-14-15(10)7-9/h1,4,6-7H,2-3,5,8,12H2. The van der Waals surface area contributed by atoms with E-state index in [2.05, 4.69) is 16.3 Å². The Bertz CT molecular complexity index is 484. The van der Waals surface area contributed by atoms with Crippen LogP contribution in [0.2, 0.25) is 0 Å². The Kier molecular flexibility index (Phi) is 1.79. The molecule has 1 aliphatic rings. The second-order valence-corrected chi connectivity index (χ2v) is 4.48. The largest absolute Gasteiger partial charge is 0.330 e. The van der Waals surface area contributed by atoms with Gasteiger partial charge in [0.1, 0.15) is 0 Å². The third-order valence-electron chi connectivity index (χ3n) is 3.27. The molecule has 1 aliphatic carbocycles. The molecule has 1 fully saturated rings. The lowest BCUT2D eigenvalue weighted by Crippen LogP contribution is -2.18. The third-order valence-corrected chi connectivity index (χ3v) is 3.27. The quantitative estimate of drug-likeness (QED) is 0.808. The van der Waals surface area contributed by atoms with E-state index in [1.54, 1.807) is 6.20 Å². The number of rotatable bonds is 3. The molecule has 4 heteroatoms. The SMILES string of the molecule is NCC1(Cc2cnc3ccnn3c2)CC1. The molecule has 4 nitrogen and oxygen atoms in total. The van der Waals surface area contributed by atoms with Crippen LogP contribution in [-0.4, -0.2) is 21.1 Å². The average molecular weight is 202 g/mol. The van der Waals surface area contributed by atoms with Crippen molar-refractivity contribution in [1.29, 1.82) is 0 Å². The van der Waals surface area contributed by atoms with Gasteiger partial charge in [0, 0.05) is 18.5 Å².